The lowest BCUT2D eigenvalue weighted by molar-refractivity contribution is -0.122. The van der Waals surface area contributed by atoms with Gasteiger partial charge in [-0.1, -0.05) is 55.5 Å². The fraction of sp³-hybridized carbons (Fsp3) is 0.435. The predicted molar refractivity (Wildman–Crippen MR) is 108 cm³/mol. The number of carbonyl (C=O) groups excluding carboxylic acids is 1. The maximum Gasteiger partial charge on any atom is 0.242 e. The first kappa shape index (κ1) is 18.2. The monoisotopic (exact) mass is 364 g/mol. The molecule has 142 valence electrons. The molecule has 0 N–H and O–H groups in total. The Morgan fingerprint density at radius 1 is 0.963 bits per heavy atom. The van der Waals surface area contributed by atoms with E-state index in [4.69, 9.17) is 4.74 Å². The summed E-state index contributed by atoms with van der Waals surface area (Å²) in [6, 6.07) is 18.6. The maximum atomic E-state index is 13.7. The highest BCUT2D eigenvalue weighted by atomic mass is 16.5. The molecule has 0 saturated carbocycles. The van der Waals surface area contributed by atoms with Gasteiger partial charge in [0.25, 0.3) is 0 Å². The smallest absolute Gasteiger partial charge is 0.242 e. The quantitative estimate of drug-likeness (QED) is 0.787. The van der Waals surface area contributed by atoms with Gasteiger partial charge in [0.1, 0.15) is 5.41 Å². The van der Waals surface area contributed by atoms with Crippen LogP contribution in [0.1, 0.15) is 30.9 Å². The van der Waals surface area contributed by atoms with Crippen molar-refractivity contribution < 1.29 is 9.53 Å². The third-order valence-electron chi connectivity index (χ3n) is 6.02. The molecule has 2 aliphatic rings. The SMILES string of the molecule is CCC1(c2ccccc2)C(=O)N(CCCN2CCOCC2)c2ccccc21. The van der Waals surface area contributed by atoms with E-state index < -0.39 is 5.41 Å². The third kappa shape index (κ3) is 3.17. The second-order valence-corrected chi connectivity index (χ2v) is 7.41. The minimum absolute atomic E-state index is 0.222. The Kier molecular flexibility index (Phi) is 5.28. The molecule has 4 rings (SSSR count). The Morgan fingerprint density at radius 2 is 1.67 bits per heavy atom. The molecule has 0 radical (unpaired) electrons. The molecule has 1 saturated heterocycles. The van der Waals surface area contributed by atoms with E-state index in [1.54, 1.807) is 0 Å². The van der Waals surface area contributed by atoms with Gasteiger partial charge >= 0.3 is 0 Å². The van der Waals surface area contributed by atoms with Gasteiger partial charge in [0, 0.05) is 31.9 Å². The second kappa shape index (κ2) is 7.83. The first-order chi connectivity index (χ1) is 13.3. The number of hydrogen-bond donors (Lipinski definition) is 0. The average molecular weight is 364 g/mol. The van der Waals surface area contributed by atoms with Gasteiger partial charge in [-0.05, 0) is 30.0 Å². The van der Waals surface area contributed by atoms with Crippen LogP contribution in [0.15, 0.2) is 54.6 Å². The van der Waals surface area contributed by atoms with E-state index in [0.29, 0.717) is 0 Å². The number of fused-ring (bicyclic) bond motifs is 1. The Labute approximate surface area is 161 Å². The largest absolute Gasteiger partial charge is 0.379 e. The highest BCUT2D eigenvalue weighted by molar-refractivity contribution is 6.10. The minimum Gasteiger partial charge on any atom is -0.379 e. The number of anilines is 1. The van der Waals surface area contributed by atoms with E-state index in [1.807, 2.05) is 29.2 Å². The number of ether oxygens (including phenoxy) is 1. The molecule has 4 nitrogen and oxygen atoms in total. The maximum absolute atomic E-state index is 13.7. The molecule has 4 heteroatoms. The summed E-state index contributed by atoms with van der Waals surface area (Å²) in [6.07, 6.45) is 1.75. The van der Waals surface area contributed by atoms with Gasteiger partial charge in [0.05, 0.1) is 13.2 Å². The van der Waals surface area contributed by atoms with E-state index in [0.717, 1.165) is 69.0 Å². The predicted octanol–water partition coefficient (Wildman–Crippen LogP) is 3.45. The van der Waals surface area contributed by atoms with Gasteiger partial charge in [-0.2, -0.15) is 0 Å². The fourth-order valence-electron chi connectivity index (χ4n) is 4.57. The van der Waals surface area contributed by atoms with Crippen molar-refractivity contribution in [1.82, 2.24) is 4.90 Å². The van der Waals surface area contributed by atoms with E-state index >= 15 is 0 Å². The summed E-state index contributed by atoms with van der Waals surface area (Å²) in [7, 11) is 0. The van der Waals surface area contributed by atoms with Crippen LogP contribution in [-0.4, -0.2) is 50.2 Å². The fourth-order valence-corrected chi connectivity index (χ4v) is 4.57. The van der Waals surface area contributed by atoms with Crippen LogP contribution in [0.4, 0.5) is 5.69 Å². The topological polar surface area (TPSA) is 32.8 Å². The van der Waals surface area contributed by atoms with Gasteiger partial charge in [-0.25, -0.2) is 0 Å². The van der Waals surface area contributed by atoms with Crippen LogP contribution in [0.25, 0.3) is 0 Å². The summed E-state index contributed by atoms with van der Waals surface area (Å²) in [6.45, 7) is 7.53. The third-order valence-corrected chi connectivity index (χ3v) is 6.02. The van der Waals surface area contributed by atoms with Crippen molar-refractivity contribution in [1.29, 1.82) is 0 Å². The number of rotatable bonds is 6. The van der Waals surface area contributed by atoms with Crippen molar-refractivity contribution in [3.05, 3.63) is 65.7 Å². The molecule has 1 unspecified atom stereocenters. The van der Waals surface area contributed by atoms with Crippen molar-refractivity contribution in [2.75, 3.05) is 44.3 Å². The van der Waals surface area contributed by atoms with E-state index in [9.17, 15) is 4.79 Å². The van der Waals surface area contributed by atoms with Gasteiger partial charge < -0.3 is 9.64 Å². The van der Waals surface area contributed by atoms with Crippen LogP contribution in [-0.2, 0) is 14.9 Å². The molecule has 0 aliphatic carbocycles. The molecule has 0 aromatic heterocycles. The molecular formula is C23H28N2O2. The molecule has 0 spiro atoms. The molecule has 1 fully saturated rings. The molecule has 2 aromatic rings. The van der Waals surface area contributed by atoms with E-state index in [1.165, 1.54) is 0 Å². The number of morpholine rings is 1. The lowest BCUT2D eigenvalue weighted by Crippen LogP contribution is -2.42. The summed E-state index contributed by atoms with van der Waals surface area (Å²) < 4.78 is 5.43. The number of benzene rings is 2. The number of hydrogen-bond acceptors (Lipinski definition) is 3. The zero-order valence-electron chi connectivity index (χ0n) is 16.1. The molecule has 1 atom stereocenters. The molecule has 0 bridgehead atoms. The van der Waals surface area contributed by atoms with Gasteiger partial charge in [0.15, 0.2) is 0 Å². The molecule has 1 amide bonds. The number of nitrogens with zero attached hydrogens (tertiary/aromatic N) is 2. The van der Waals surface area contributed by atoms with Crippen LogP contribution in [0.5, 0.6) is 0 Å². The minimum atomic E-state index is -0.559. The van der Waals surface area contributed by atoms with Crippen molar-refractivity contribution in [3.8, 4) is 0 Å². The van der Waals surface area contributed by atoms with E-state index in [2.05, 4.69) is 42.2 Å². The van der Waals surface area contributed by atoms with Gasteiger partial charge in [0.2, 0.25) is 5.91 Å². The van der Waals surface area contributed by atoms with Crippen LogP contribution in [0.3, 0.4) is 0 Å². The molecule has 2 aromatic carbocycles. The Bertz CT molecular complexity index is 786. The number of carbonyl (C=O) groups is 1. The average Bonchev–Trinajstić information content (AvgIpc) is 2.98. The summed E-state index contributed by atoms with van der Waals surface area (Å²) in [5.74, 6) is 0.222. The zero-order chi connectivity index (χ0) is 18.7. The Morgan fingerprint density at radius 3 is 2.41 bits per heavy atom. The standard InChI is InChI=1S/C23H28N2O2/c1-2-23(19-9-4-3-5-10-19)20-11-6-7-12-21(20)25(22(23)26)14-8-13-24-15-17-27-18-16-24/h3-7,9-12H,2,8,13-18H2,1H3. The van der Waals surface area contributed by atoms with Crippen LogP contribution >= 0.6 is 0 Å². The van der Waals surface area contributed by atoms with Crippen molar-refractivity contribution in [3.63, 3.8) is 0 Å². The summed E-state index contributed by atoms with van der Waals surface area (Å²) in [5.41, 5.74) is 2.77. The highest BCUT2D eigenvalue weighted by Gasteiger charge is 2.50. The van der Waals surface area contributed by atoms with Crippen LogP contribution in [0.2, 0.25) is 0 Å². The molecule has 27 heavy (non-hydrogen) atoms. The van der Waals surface area contributed by atoms with Crippen LogP contribution < -0.4 is 4.90 Å². The first-order valence-electron chi connectivity index (χ1n) is 10.0. The number of para-hydroxylation sites is 1. The molecule has 2 aliphatic heterocycles. The zero-order valence-corrected chi connectivity index (χ0v) is 16.1. The van der Waals surface area contributed by atoms with E-state index in [-0.39, 0.29) is 5.91 Å². The molecule has 2 heterocycles. The Balaban J connectivity index is 1.59. The van der Waals surface area contributed by atoms with Crippen molar-refractivity contribution >= 4 is 11.6 Å². The second-order valence-electron chi connectivity index (χ2n) is 7.41. The summed E-state index contributed by atoms with van der Waals surface area (Å²) in [5, 5.41) is 0. The summed E-state index contributed by atoms with van der Waals surface area (Å²) >= 11 is 0. The number of amides is 1. The summed E-state index contributed by atoms with van der Waals surface area (Å²) in [4.78, 5) is 18.1. The normalized spacial score (nSPS) is 22.9. The van der Waals surface area contributed by atoms with Crippen molar-refractivity contribution in [2.24, 2.45) is 0 Å². The lowest BCUT2D eigenvalue weighted by atomic mass is 9.73. The lowest BCUT2D eigenvalue weighted by Gasteiger charge is -2.29. The molecular weight excluding hydrogens is 336 g/mol. The first-order valence-corrected chi connectivity index (χ1v) is 10.0. The Hall–Kier alpha value is -2.17. The van der Waals surface area contributed by atoms with Crippen LogP contribution in [0, 0.1) is 0 Å². The van der Waals surface area contributed by atoms with Crippen molar-refractivity contribution in [2.45, 2.75) is 25.2 Å². The highest BCUT2D eigenvalue weighted by Crippen LogP contribution is 2.48. The van der Waals surface area contributed by atoms with Gasteiger partial charge in [-0.3, -0.25) is 9.69 Å². The van der Waals surface area contributed by atoms with Gasteiger partial charge in [-0.15, -0.1) is 0 Å².